The summed E-state index contributed by atoms with van der Waals surface area (Å²) < 4.78 is 0. The Morgan fingerprint density at radius 2 is 1.95 bits per heavy atom. The molecule has 0 unspecified atom stereocenters. The zero-order chi connectivity index (χ0) is 15.4. The van der Waals surface area contributed by atoms with Gasteiger partial charge in [-0.1, -0.05) is 11.6 Å². The molecule has 0 saturated carbocycles. The first kappa shape index (κ1) is 15.3. The highest BCUT2D eigenvalue weighted by Gasteiger charge is 2.18. The molecule has 1 amide bonds. The molecular formula is C13H10ClN3O3S. The van der Waals surface area contributed by atoms with Crippen LogP contribution >= 0.6 is 23.4 Å². The number of benzene rings is 1. The fourth-order valence-electron chi connectivity index (χ4n) is 1.59. The Balaban J connectivity index is 2.26. The molecule has 1 N–H and O–H groups in total. The third-order valence-corrected chi connectivity index (χ3v) is 3.57. The first-order chi connectivity index (χ1) is 10.0. The number of hydrogen-bond acceptors (Lipinski definition) is 5. The van der Waals surface area contributed by atoms with Gasteiger partial charge in [0, 0.05) is 16.5 Å². The maximum Gasteiger partial charge on any atom is 0.311 e. The molecule has 0 aliphatic heterocycles. The Kier molecular flexibility index (Phi) is 4.77. The summed E-state index contributed by atoms with van der Waals surface area (Å²) in [5.74, 6) is -0.660. The first-order valence-electron chi connectivity index (χ1n) is 5.77. The van der Waals surface area contributed by atoms with E-state index in [1.165, 1.54) is 12.1 Å². The number of nitrogens with zero attached hydrogens (tertiary/aromatic N) is 2. The minimum Gasteiger partial charge on any atom is -0.301 e. The van der Waals surface area contributed by atoms with Gasteiger partial charge in [-0.2, -0.15) is 0 Å². The van der Waals surface area contributed by atoms with Crippen molar-refractivity contribution in [3.63, 3.8) is 0 Å². The highest BCUT2D eigenvalue weighted by molar-refractivity contribution is 7.98. The number of anilines is 1. The van der Waals surface area contributed by atoms with Gasteiger partial charge in [0.1, 0.15) is 5.15 Å². The number of hydrogen-bond donors (Lipinski definition) is 1. The van der Waals surface area contributed by atoms with E-state index in [9.17, 15) is 14.9 Å². The predicted molar refractivity (Wildman–Crippen MR) is 82.1 cm³/mol. The highest BCUT2D eigenvalue weighted by Crippen LogP contribution is 2.24. The number of pyridine rings is 1. The van der Waals surface area contributed by atoms with Crippen LogP contribution in [0.4, 0.5) is 11.5 Å². The van der Waals surface area contributed by atoms with Gasteiger partial charge in [0.25, 0.3) is 5.91 Å². The van der Waals surface area contributed by atoms with Crippen LogP contribution in [0.2, 0.25) is 5.15 Å². The number of nitrogens with one attached hydrogen (secondary N) is 1. The van der Waals surface area contributed by atoms with Crippen molar-refractivity contribution in [2.24, 2.45) is 0 Å². The van der Waals surface area contributed by atoms with Crippen LogP contribution in [0.25, 0.3) is 0 Å². The summed E-state index contributed by atoms with van der Waals surface area (Å²) in [4.78, 5) is 27.1. The Bertz CT molecular complexity index is 692. The lowest BCUT2D eigenvalue weighted by Gasteiger charge is -2.06. The molecule has 8 heteroatoms. The lowest BCUT2D eigenvalue weighted by molar-refractivity contribution is -0.384. The molecular weight excluding hydrogens is 314 g/mol. The summed E-state index contributed by atoms with van der Waals surface area (Å²) in [7, 11) is 0. The highest BCUT2D eigenvalue weighted by atomic mass is 35.5. The molecule has 6 nitrogen and oxygen atoms in total. The molecule has 0 aliphatic rings. The lowest BCUT2D eigenvalue weighted by atomic mass is 10.2. The molecule has 2 aromatic rings. The van der Waals surface area contributed by atoms with Crippen molar-refractivity contribution < 1.29 is 9.72 Å². The van der Waals surface area contributed by atoms with Crippen LogP contribution in [0.15, 0.2) is 41.3 Å². The summed E-state index contributed by atoms with van der Waals surface area (Å²) in [5.41, 5.74) is 0.0670. The van der Waals surface area contributed by atoms with E-state index in [2.05, 4.69) is 10.3 Å². The maximum absolute atomic E-state index is 12.1. The molecule has 0 atom stereocenters. The average Bonchev–Trinajstić information content (AvgIpc) is 2.47. The molecule has 0 bridgehead atoms. The number of aromatic nitrogens is 1. The molecule has 0 fully saturated rings. The zero-order valence-corrected chi connectivity index (χ0v) is 12.4. The van der Waals surface area contributed by atoms with Crippen molar-refractivity contribution in [2.75, 3.05) is 11.6 Å². The second-order valence-electron chi connectivity index (χ2n) is 3.94. The quantitative estimate of drug-likeness (QED) is 0.402. The van der Waals surface area contributed by atoms with Gasteiger partial charge >= 0.3 is 5.69 Å². The normalized spacial score (nSPS) is 10.2. The van der Waals surface area contributed by atoms with E-state index in [0.29, 0.717) is 5.56 Å². The van der Waals surface area contributed by atoms with E-state index < -0.39 is 10.8 Å². The average molecular weight is 324 g/mol. The van der Waals surface area contributed by atoms with Crippen molar-refractivity contribution in [1.82, 2.24) is 4.98 Å². The predicted octanol–water partition coefficient (Wildman–Crippen LogP) is 3.62. The summed E-state index contributed by atoms with van der Waals surface area (Å²) in [5, 5.41) is 13.4. The van der Waals surface area contributed by atoms with Crippen molar-refractivity contribution >= 4 is 40.8 Å². The van der Waals surface area contributed by atoms with E-state index in [-0.39, 0.29) is 16.7 Å². The number of carbonyl (C=O) groups is 1. The number of carbonyl (C=O) groups excluding carboxylic acids is 1. The maximum atomic E-state index is 12.1. The minimum atomic E-state index is -0.629. The molecule has 1 heterocycles. The van der Waals surface area contributed by atoms with Gasteiger partial charge in [-0.05, 0) is 36.6 Å². The number of amides is 1. The van der Waals surface area contributed by atoms with Gasteiger partial charge in [-0.3, -0.25) is 14.9 Å². The van der Waals surface area contributed by atoms with Crippen molar-refractivity contribution in [3.8, 4) is 0 Å². The van der Waals surface area contributed by atoms with E-state index in [1.807, 2.05) is 6.26 Å². The second-order valence-corrected chi connectivity index (χ2v) is 5.21. The van der Waals surface area contributed by atoms with Crippen LogP contribution in [-0.4, -0.2) is 22.1 Å². The summed E-state index contributed by atoms with van der Waals surface area (Å²) >= 11 is 7.25. The Morgan fingerprint density at radius 3 is 2.52 bits per heavy atom. The molecule has 0 radical (unpaired) electrons. The van der Waals surface area contributed by atoms with Crippen molar-refractivity contribution in [2.45, 2.75) is 4.90 Å². The Labute approximate surface area is 129 Å². The first-order valence-corrected chi connectivity index (χ1v) is 7.38. The van der Waals surface area contributed by atoms with E-state index in [4.69, 9.17) is 11.6 Å². The van der Waals surface area contributed by atoms with Crippen molar-refractivity contribution in [3.05, 3.63) is 57.2 Å². The Hall–Kier alpha value is -2.12. The standard InChI is InChI=1S/C13H10ClN3O3S/c1-21-9-4-2-8(3-5-9)13(18)16-12-10(17(19)20)6-7-11(14)15-12/h2-7H,1H3,(H,15,16,18). The van der Waals surface area contributed by atoms with E-state index in [1.54, 1.807) is 36.0 Å². The van der Waals surface area contributed by atoms with Crippen molar-refractivity contribution in [1.29, 1.82) is 0 Å². The van der Waals surface area contributed by atoms with Crippen LogP contribution in [0, 0.1) is 10.1 Å². The van der Waals surface area contributed by atoms with E-state index >= 15 is 0 Å². The smallest absolute Gasteiger partial charge is 0.301 e. The van der Waals surface area contributed by atoms with Crippen LogP contribution in [0.5, 0.6) is 0 Å². The number of nitro groups is 1. The van der Waals surface area contributed by atoms with Gasteiger partial charge in [0.05, 0.1) is 4.92 Å². The third kappa shape index (κ3) is 3.71. The minimum absolute atomic E-state index is 0.0635. The van der Waals surface area contributed by atoms with Gasteiger partial charge in [0.15, 0.2) is 0 Å². The number of rotatable bonds is 4. The number of halogens is 1. The molecule has 1 aromatic carbocycles. The van der Waals surface area contributed by atoms with Crippen LogP contribution in [0.1, 0.15) is 10.4 Å². The lowest BCUT2D eigenvalue weighted by Crippen LogP contribution is -2.14. The van der Waals surface area contributed by atoms with E-state index in [0.717, 1.165) is 4.90 Å². The summed E-state index contributed by atoms with van der Waals surface area (Å²) in [6, 6.07) is 9.35. The molecule has 21 heavy (non-hydrogen) atoms. The van der Waals surface area contributed by atoms with Crippen LogP contribution < -0.4 is 5.32 Å². The molecule has 0 spiro atoms. The molecule has 2 rings (SSSR count). The van der Waals surface area contributed by atoms with Crippen LogP contribution in [0.3, 0.4) is 0 Å². The van der Waals surface area contributed by atoms with Gasteiger partial charge in [-0.15, -0.1) is 11.8 Å². The SMILES string of the molecule is CSc1ccc(C(=O)Nc2nc(Cl)ccc2[N+](=O)[O-])cc1. The molecule has 0 aliphatic carbocycles. The fraction of sp³-hybridized carbons (Fsp3) is 0.0769. The topological polar surface area (TPSA) is 85.1 Å². The third-order valence-electron chi connectivity index (χ3n) is 2.62. The number of thioether (sulfide) groups is 1. The summed E-state index contributed by atoms with van der Waals surface area (Å²) in [6.45, 7) is 0. The molecule has 108 valence electrons. The van der Waals surface area contributed by atoms with Crippen LogP contribution in [-0.2, 0) is 0 Å². The van der Waals surface area contributed by atoms with Gasteiger partial charge < -0.3 is 5.32 Å². The largest absolute Gasteiger partial charge is 0.311 e. The monoisotopic (exact) mass is 323 g/mol. The fourth-order valence-corrected chi connectivity index (χ4v) is 2.15. The zero-order valence-electron chi connectivity index (χ0n) is 10.9. The summed E-state index contributed by atoms with van der Waals surface area (Å²) in [6.07, 6.45) is 1.92. The van der Waals surface area contributed by atoms with Gasteiger partial charge in [0.2, 0.25) is 5.82 Å². The second kappa shape index (κ2) is 6.55. The molecule has 0 saturated heterocycles. The Morgan fingerprint density at radius 1 is 1.29 bits per heavy atom. The van der Waals surface area contributed by atoms with Gasteiger partial charge in [-0.25, -0.2) is 4.98 Å². The molecule has 1 aromatic heterocycles.